The number of amides is 1. The first-order valence-corrected chi connectivity index (χ1v) is 4.27. The highest BCUT2D eigenvalue weighted by atomic mass is 16.5. The van der Waals surface area contributed by atoms with Crippen LogP contribution in [0.5, 0.6) is 0 Å². The van der Waals surface area contributed by atoms with Crippen LogP contribution in [0.2, 0.25) is 0 Å². The van der Waals surface area contributed by atoms with Crippen LogP contribution in [0.3, 0.4) is 0 Å². The van der Waals surface area contributed by atoms with Crippen molar-refractivity contribution in [2.75, 3.05) is 26.7 Å². The van der Waals surface area contributed by atoms with Crippen LogP contribution in [0.15, 0.2) is 0 Å². The number of primary amides is 1. The smallest absolute Gasteiger partial charge is 0.231 e. The molecule has 1 unspecified atom stereocenters. The Kier molecular flexibility index (Phi) is 3.49. The zero-order valence-electron chi connectivity index (χ0n) is 7.45. The van der Waals surface area contributed by atoms with E-state index in [-0.39, 0.29) is 5.91 Å². The zero-order valence-corrected chi connectivity index (χ0v) is 7.45. The third-order valence-electron chi connectivity index (χ3n) is 1.97. The van der Waals surface area contributed by atoms with Gasteiger partial charge in [0.2, 0.25) is 5.91 Å². The fourth-order valence-electron chi connectivity index (χ4n) is 1.47. The Bertz CT molecular complexity index is 155. The molecule has 1 fully saturated rings. The SMILES string of the molecule is CN(CC(N)=O)CC1CCCO1. The summed E-state index contributed by atoms with van der Waals surface area (Å²) < 4.78 is 5.41. The predicted molar refractivity (Wildman–Crippen MR) is 45.7 cm³/mol. The van der Waals surface area contributed by atoms with Crippen molar-refractivity contribution in [1.82, 2.24) is 4.90 Å². The molecule has 4 heteroatoms. The molecule has 0 saturated carbocycles. The first-order chi connectivity index (χ1) is 5.68. The fraction of sp³-hybridized carbons (Fsp3) is 0.875. The highest BCUT2D eigenvalue weighted by Gasteiger charge is 2.17. The van der Waals surface area contributed by atoms with Gasteiger partial charge in [-0.05, 0) is 19.9 Å². The van der Waals surface area contributed by atoms with E-state index in [1.54, 1.807) is 0 Å². The van der Waals surface area contributed by atoms with E-state index in [9.17, 15) is 4.79 Å². The largest absolute Gasteiger partial charge is 0.377 e. The molecule has 70 valence electrons. The van der Waals surface area contributed by atoms with Crippen molar-refractivity contribution in [3.8, 4) is 0 Å². The van der Waals surface area contributed by atoms with Gasteiger partial charge in [-0.2, -0.15) is 0 Å². The summed E-state index contributed by atoms with van der Waals surface area (Å²) in [7, 11) is 1.88. The summed E-state index contributed by atoms with van der Waals surface area (Å²) in [5, 5.41) is 0. The van der Waals surface area contributed by atoms with Gasteiger partial charge >= 0.3 is 0 Å². The third-order valence-corrected chi connectivity index (χ3v) is 1.97. The first kappa shape index (κ1) is 9.48. The van der Waals surface area contributed by atoms with Gasteiger partial charge in [0.05, 0.1) is 12.6 Å². The molecule has 1 rings (SSSR count). The molecule has 1 saturated heterocycles. The molecule has 1 heterocycles. The number of hydrogen-bond acceptors (Lipinski definition) is 3. The van der Waals surface area contributed by atoms with E-state index in [0.717, 1.165) is 26.0 Å². The van der Waals surface area contributed by atoms with Crippen molar-refractivity contribution >= 4 is 5.91 Å². The molecule has 0 aromatic rings. The van der Waals surface area contributed by atoms with Crippen LogP contribution in [-0.4, -0.2) is 43.7 Å². The van der Waals surface area contributed by atoms with E-state index in [0.29, 0.717) is 12.6 Å². The van der Waals surface area contributed by atoms with Crippen LogP contribution in [0.1, 0.15) is 12.8 Å². The lowest BCUT2D eigenvalue weighted by Crippen LogP contribution is -2.35. The Labute approximate surface area is 72.7 Å². The Balaban J connectivity index is 2.16. The standard InChI is InChI=1S/C8H16N2O2/c1-10(6-8(9)11)5-7-3-2-4-12-7/h7H,2-6H2,1H3,(H2,9,11). The minimum atomic E-state index is -0.282. The Morgan fingerprint density at radius 3 is 3.00 bits per heavy atom. The molecule has 12 heavy (non-hydrogen) atoms. The van der Waals surface area contributed by atoms with E-state index in [2.05, 4.69) is 0 Å². The average Bonchev–Trinajstić information content (AvgIpc) is 2.37. The number of likely N-dealkylation sites (N-methyl/N-ethyl adjacent to an activating group) is 1. The number of nitrogens with zero attached hydrogens (tertiary/aromatic N) is 1. The van der Waals surface area contributed by atoms with Crippen LogP contribution in [0, 0.1) is 0 Å². The highest BCUT2D eigenvalue weighted by molar-refractivity contribution is 5.75. The predicted octanol–water partition coefficient (Wildman–Crippen LogP) is -0.417. The minimum Gasteiger partial charge on any atom is -0.377 e. The molecule has 0 aromatic heterocycles. The van der Waals surface area contributed by atoms with Crippen molar-refractivity contribution in [1.29, 1.82) is 0 Å². The molecular formula is C8H16N2O2. The molecule has 4 nitrogen and oxygen atoms in total. The molecule has 2 N–H and O–H groups in total. The maximum Gasteiger partial charge on any atom is 0.231 e. The lowest BCUT2D eigenvalue weighted by atomic mass is 10.2. The maximum atomic E-state index is 10.5. The first-order valence-electron chi connectivity index (χ1n) is 4.27. The molecule has 0 spiro atoms. The van der Waals surface area contributed by atoms with Crippen molar-refractivity contribution in [2.45, 2.75) is 18.9 Å². The summed E-state index contributed by atoms with van der Waals surface area (Å²) in [6.45, 7) is 1.98. The maximum absolute atomic E-state index is 10.5. The molecular weight excluding hydrogens is 156 g/mol. The molecule has 1 atom stereocenters. The van der Waals surface area contributed by atoms with Gasteiger partial charge in [0.1, 0.15) is 0 Å². The zero-order chi connectivity index (χ0) is 8.97. The van der Waals surface area contributed by atoms with Crippen molar-refractivity contribution < 1.29 is 9.53 Å². The monoisotopic (exact) mass is 172 g/mol. The van der Waals surface area contributed by atoms with Crippen LogP contribution in [-0.2, 0) is 9.53 Å². The third kappa shape index (κ3) is 3.19. The van der Waals surface area contributed by atoms with Crippen molar-refractivity contribution in [2.24, 2.45) is 5.73 Å². The van der Waals surface area contributed by atoms with Crippen LogP contribution in [0.25, 0.3) is 0 Å². The van der Waals surface area contributed by atoms with Gasteiger partial charge in [0, 0.05) is 13.2 Å². The molecule has 0 bridgehead atoms. The second-order valence-corrected chi connectivity index (χ2v) is 3.30. The van der Waals surface area contributed by atoms with E-state index in [1.165, 1.54) is 0 Å². The van der Waals surface area contributed by atoms with Crippen molar-refractivity contribution in [3.63, 3.8) is 0 Å². The molecule has 1 amide bonds. The van der Waals surface area contributed by atoms with Crippen LogP contribution < -0.4 is 5.73 Å². The van der Waals surface area contributed by atoms with E-state index in [4.69, 9.17) is 10.5 Å². The Morgan fingerprint density at radius 2 is 2.50 bits per heavy atom. The number of nitrogens with two attached hydrogens (primary N) is 1. The number of hydrogen-bond donors (Lipinski definition) is 1. The Hall–Kier alpha value is -0.610. The quantitative estimate of drug-likeness (QED) is 0.626. The average molecular weight is 172 g/mol. The van der Waals surface area contributed by atoms with Gasteiger partial charge in [-0.3, -0.25) is 9.69 Å². The second-order valence-electron chi connectivity index (χ2n) is 3.30. The second kappa shape index (κ2) is 4.42. The number of carbonyl (C=O) groups is 1. The van der Waals surface area contributed by atoms with Gasteiger partial charge in [-0.25, -0.2) is 0 Å². The van der Waals surface area contributed by atoms with Gasteiger partial charge in [0.25, 0.3) is 0 Å². The minimum absolute atomic E-state index is 0.282. The molecule has 1 aliphatic heterocycles. The number of carbonyl (C=O) groups excluding carboxylic acids is 1. The van der Waals surface area contributed by atoms with Crippen molar-refractivity contribution in [3.05, 3.63) is 0 Å². The summed E-state index contributed by atoms with van der Waals surface area (Å²) in [5.74, 6) is -0.282. The van der Waals surface area contributed by atoms with Gasteiger partial charge in [0.15, 0.2) is 0 Å². The number of ether oxygens (including phenoxy) is 1. The lowest BCUT2D eigenvalue weighted by Gasteiger charge is -2.18. The summed E-state index contributed by atoms with van der Waals surface area (Å²) >= 11 is 0. The topological polar surface area (TPSA) is 55.6 Å². The van der Waals surface area contributed by atoms with Crippen LogP contribution in [0.4, 0.5) is 0 Å². The molecule has 0 radical (unpaired) electrons. The fourth-order valence-corrected chi connectivity index (χ4v) is 1.47. The summed E-state index contributed by atoms with van der Waals surface area (Å²) in [4.78, 5) is 12.4. The van der Waals surface area contributed by atoms with E-state index in [1.807, 2.05) is 11.9 Å². The van der Waals surface area contributed by atoms with Gasteiger partial charge in [-0.15, -0.1) is 0 Å². The highest BCUT2D eigenvalue weighted by Crippen LogP contribution is 2.12. The summed E-state index contributed by atoms with van der Waals surface area (Å²) in [5.41, 5.74) is 5.05. The normalized spacial score (nSPS) is 23.3. The summed E-state index contributed by atoms with van der Waals surface area (Å²) in [6, 6.07) is 0. The van der Waals surface area contributed by atoms with Gasteiger partial charge < -0.3 is 10.5 Å². The molecule has 0 aromatic carbocycles. The molecule has 0 aliphatic carbocycles. The van der Waals surface area contributed by atoms with Gasteiger partial charge in [-0.1, -0.05) is 0 Å². The van der Waals surface area contributed by atoms with E-state index >= 15 is 0 Å². The number of rotatable bonds is 4. The van der Waals surface area contributed by atoms with E-state index < -0.39 is 0 Å². The van der Waals surface area contributed by atoms with Crippen LogP contribution >= 0.6 is 0 Å². The lowest BCUT2D eigenvalue weighted by molar-refractivity contribution is -0.119. The summed E-state index contributed by atoms with van der Waals surface area (Å²) in [6.07, 6.45) is 2.53. The molecule has 1 aliphatic rings. The Morgan fingerprint density at radius 1 is 1.75 bits per heavy atom.